The summed E-state index contributed by atoms with van der Waals surface area (Å²) in [5, 5.41) is 11.7. The van der Waals surface area contributed by atoms with E-state index >= 15 is 0 Å². The lowest BCUT2D eigenvalue weighted by Gasteiger charge is -2.26. The lowest BCUT2D eigenvalue weighted by molar-refractivity contribution is 0.238. The SMILES string of the molecule is COc1ccc(CN(CC(N)=NO)C(C)C)cc1OC. The van der Waals surface area contributed by atoms with Crippen molar-refractivity contribution in [3.05, 3.63) is 23.8 Å². The number of hydrogen-bond donors (Lipinski definition) is 2. The third-order valence-electron chi connectivity index (χ3n) is 3.06. The lowest BCUT2D eigenvalue weighted by atomic mass is 10.1. The van der Waals surface area contributed by atoms with Gasteiger partial charge in [-0.05, 0) is 31.5 Å². The Kier molecular flexibility index (Phi) is 6.11. The van der Waals surface area contributed by atoms with Crippen LogP contribution in [-0.4, -0.2) is 42.7 Å². The molecule has 0 atom stereocenters. The summed E-state index contributed by atoms with van der Waals surface area (Å²) in [5.74, 6) is 1.58. The van der Waals surface area contributed by atoms with Crippen LogP contribution >= 0.6 is 0 Å². The van der Waals surface area contributed by atoms with Crippen molar-refractivity contribution in [3.8, 4) is 11.5 Å². The molecule has 0 bridgehead atoms. The number of benzene rings is 1. The Balaban J connectivity index is 2.88. The summed E-state index contributed by atoms with van der Waals surface area (Å²) in [6, 6.07) is 6.04. The first kappa shape index (κ1) is 16.1. The molecule has 1 aromatic rings. The number of rotatable bonds is 7. The number of methoxy groups -OCH3 is 2. The van der Waals surface area contributed by atoms with Crippen LogP contribution in [0.3, 0.4) is 0 Å². The summed E-state index contributed by atoms with van der Waals surface area (Å²) in [7, 11) is 3.22. The van der Waals surface area contributed by atoms with Crippen molar-refractivity contribution in [2.75, 3.05) is 20.8 Å². The minimum atomic E-state index is 0.194. The van der Waals surface area contributed by atoms with Crippen LogP contribution in [0.25, 0.3) is 0 Å². The van der Waals surface area contributed by atoms with Crippen molar-refractivity contribution in [2.45, 2.75) is 26.4 Å². The monoisotopic (exact) mass is 281 g/mol. The molecular weight excluding hydrogens is 258 g/mol. The molecule has 3 N–H and O–H groups in total. The molecule has 0 amide bonds. The largest absolute Gasteiger partial charge is 0.493 e. The molecule has 6 heteroatoms. The molecule has 0 heterocycles. The molecule has 0 unspecified atom stereocenters. The van der Waals surface area contributed by atoms with Crippen LogP contribution in [0.4, 0.5) is 0 Å². The summed E-state index contributed by atoms with van der Waals surface area (Å²) in [6.07, 6.45) is 0. The third-order valence-corrected chi connectivity index (χ3v) is 3.06. The van der Waals surface area contributed by atoms with E-state index in [4.69, 9.17) is 20.4 Å². The van der Waals surface area contributed by atoms with E-state index in [1.165, 1.54) is 0 Å². The normalized spacial score (nSPS) is 12.0. The molecule has 1 rings (SSSR count). The van der Waals surface area contributed by atoms with Crippen LogP contribution in [0.15, 0.2) is 23.4 Å². The molecular formula is C14H23N3O3. The molecule has 0 aliphatic carbocycles. The van der Waals surface area contributed by atoms with Gasteiger partial charge in [0.2, 0.25) is 0 Å². The van der Waals surface area contributed by atoms with Crippen molar-refractivity contribution >= 4 is 5.84 Å². The Hall–Kier alpha value is -1.95. The highest BCUT2D eigenvalue weighted by molar-refractivity contribution is 5.81. The second-order valence-electron chi connectivity index (χ2n) is 4.78. The summed E-state index contributed by atoms with van der Waals surface area (Å²) in [6.45, 7) is 5.20. The zero-order chi connectivity index (χ0) is 15.1. The van der Waals surface area contributed by atoms with E-state index in [1.807, 2.05) is 18.2 Å². The number of nitrogens with zero attached hydrogens (tertiary/aromatic N) is 2. The lowest BCUT2D eigenvalue weighted by Crippen LogP contribution is -2.38. The van der Waals surface area contributed by atoms with E-state index in [1.54, 1.807) is 14.2 Å². The predicted molar refractivity (Wildman–Crippen MR) is 78.5 cm³/mol. The first-order chi connectivity index (χ1) is 9.51. The molecule has 0 saturated heterocycles. The number of amidine groups is 1. The van der Waals surface area contributed by atoms with Crippen LogP contribution in [0.5, 0.6) is 11.5 Å². The molecule has 0 aliphatic heterocycles. The van der Waals surface area contributed by atoms with Crippen molar-refractivity contribution in [1.82, 2.24) is 4.90 Å². The van der Waals surface area contributed by atoms with Gasteiger partial charge in [-0.2, -0.15) is 0 Å². The van der Waals surface area contributed by atoms with Gasteiger partial charge in [0, 0.05) is 12.6 Å². The van der Waals surface area contributed by atoms with Crippen LogP contribution in [0.1, 0.15) is 19.4 Å². The van der Waals surface area contributed by atoms with Gasteiger partial charge in [-0.3, -0.25) is 4.90 Å². The van der Waals surface area contributed by atoms with Crippen molar-refractivity contribution in [3.63, 3.8) is 0 Å². The van der Waals surface area contributed by atoms with Gasteiger partial charge in [0.05, 0.1) is 20.8 Å². The van der Waals surface area contributed by atoms with Crippen LogP contribution in [0.2, 0.25) is 0 Å². The van der Waals surface area contributed by atoms with Gasteiger partial charge < -0.3 is 20.4 Å². The van der Waals surface area contributed by atoms with Crippen molar-refractivity contribution < 1.29 is 14.7 Å². The fourth-order valence-corrected chi connectivity index (χ4v) is 1.87. The maximum atomic E-state index is 8.68. The number of hydrogen-bond acceptors (Lipinski definition) is 5. The van der Waals surface area contributed by atoms with E-state index in [-0.39, 0.29) is 11.9 Å². The second kappa shape index (κ2) is 7.59. The van der Waals surface area contributed by atoms with Gasteiger partial charge in [0.15, 0.2) is 17.3 Å². The molecule has 0 fully saturated rings. The first-order valence-corrected chi connectivity index (χ1v) is 6.43. The van der Waals surface area contributed by atoms with E-state index in [0.29, 0.717) is 24.6 Å². The predicted octanol–water partition coefficient (Wildman–Crippen LogP) is 1.66. The minimum absolute atomic E-state index is 0.194. The molecule has 0 spiro atoms. The molecule has 0 aromatic heterocycles. The number of oxime groups is 1. The fraction of sp³-hybridized carbons (Fsp3) is 0.500. The maximum absolute atomic E-state index is 8.68. The topological polar surface area (TPSA) is 80.3 Å². The molecule has 20 heavy (non-hydrogen) atoms. The Labute approximate surface area is 119 Å². The molecule has 0 radical (unpaired) electrons. The zero-order valence-electron chi connectivity index (χ0n) is 12.5. The minimum Gasteiger partial charge on any atom is -0.493 e. The quantitative estimate of drug-likeness (QED) is 0.344. The molecule has 1 aromatic carbocycles. The summed E-state index contributed by atoms with van der Waals surface area (Å²) >= 11 is 0. The highest BCUT2D eigenvalue weighted by atomic mass is 16.5. The van der Waals surface area contributed by atoms with Gasteiger partial charge in [0.25, 0.3) is 0 Å². The van der Waals surface area contributed by atoms with E-state index in [9.17, 15) is 0 Å². The molecule has 0 saturated carbocycles. The number of nitrogens with two attached hydrogens (primary N) is 1. The van der Waals surface area contributed by atoms with Crippen molar-refractivity contribution in [1.29, 1.82) is 0 Å². The van der Waals surface area contributed by atoms with Gasteiger partial charge in [-0.25, -0.2) is 0 Å². The van der Waals surface area contributed by atoms with Gasteiger partial charge in [-0.15, -0.1) is 0 Å². The highest BCUT2D eigenvalue weighted by Crippen LogP contribution is 2.28. The highest BCUT2D eigenvalue weighted by Gasteiger charge is 2.13. The van der Waals surface area contributed by atoms with Crippen LogP contribution < -0.4 is 15.2 Å². The van der Waals surface area contributed by atoms with Crippen LogP contribution in [0, 0.1) is 0 Å². The van der Waals surface area contributed by atoms with Gasteiger partial charge in [0.1, 0.15) is 0 Å². The van der Waals surface area contributed by atoms with E-state index in [2.05, 4.69) is 23.9 Å². The standard InChI is InChI=1S/C14H23N3O3/c1-10(2)17(9-14(15)16-18)8-11-5-6-12(19-3)13(7-11)20-4/h5-7,10,18H,8-9H2,1-4H3,(H2,15,16). The Morgan fingerprint density at radius 2 is 1.95 bits per heavy atom. The van der Waals surface area contributed by atoms with E-state index in [0.717, 1.165) is 5.56 Å². The van der Waals surface area contributed by atoms with E-state index < -0.39 is 0 Å². The van der Waals surface area contributed by atoms with Gasteiger partial charge >= 0.3 is 0 Å². The first-order valence-electron chi connectivity index (χ1n) is 6.43. The Morgan fingerprint density at radius 1 is 1.30 bits per heavy atom. The fourth-order valence-electron chi connectivity index (χ4n) is 1.87. The molecule has 0 aliphatic rings. The third kappa shape index (κ3) is 4.31. The molecule has 112 valence electrons. The van der Waals surface area contributed by atoms with Gasteiger partial charge in [-0.1, -0.05) is 11.2 Å². The zero-order valence-corrected chi connectivity index (χ0v) is 12.5. The average Bonchev–Trinajstić information content (AvgIpc) is 2.45. The summed E-state index contributed by atoms with van der Waals surface area (Å²) in [5.41, 5.74) is 6.65. The second-order valence-corrected chi connectivity index (χ2v) is 4.78. The molecule has 6 nitrogen and oxygen atoms in total. The maximum Gasteiger partial charge on any atom is 0.161 e. The summed E-state index contributed by atoms with van der Waals surface area (Å²) in [4.78, 5) is 2.09. The average molecular weight is 281 g/mol. The smallest absolute Gasteiger partial charge is 0.161 e. The van der Waals surface area contributed by atoms with Crippen molar-refractivity contribution in [2.24, 2.45) is 10.9 Å². The summed E-state index contributed by atoms with van der Waals surface area (Å²) < 4.78 is 10.5. The Bertz CT molecular complexity index is 461. The number of ether oxygens (including phenoxy) is 2. The van der Waals surface area contributed by atoms with Crippen LogP contribution in [-0.2, 0) is 6.54 Å². The Morgan fingerprint density at radius 3 is 2.45 bits per heavy atom.